The van der Waals surface area contributed by atoms with Crippen LogP contribution in [0.15, 0.2) is 59.3 Å². The zero-order valence-corrected chi connectivity index (χ0v) is 14.9. The van der Waals surface area contributed by atoms with Crippen molar-refractivity contribution < 1.29 is 9.53 Å². The molecule has 130 valence electrons. The number of carbonyl (C=O) groups is 1. The molecule has 1 amide bonds. The quantitative estimate of drug-likeness (QED) is 0.775. The number of thiazole rings is 1. The van der Waals surface area contributed by atoms with E-state index in [0.29, 0.717) is 18.1 Å². The Bertz CT molecular complexity index is 1010. The third-order valence-corrected chi connectivity index (χ3v) is 4.78. The summed E-state index contributed by atoms with van der Waals surface area (Å²) in [6.07, 6.45) is 4.95. The number of fused-ring (bicyclic) bond motifs is 1. The van der Waals surface area contributed by atoms with E-state index in [1.165, 1.54) is 6.92 Å². The highest BCUT2D eigenvalue weighted by molar-refractivity contribution is 7.16. The van der Waals surface area contributed by atoms with Crippen LogP contribution in [0.5, 0.6) is 5.75 Å². The Morgan fingerprint density at radius 2 is 2.12 bits per heavy atom. The summed E-state index contributed by atoms with van der Waals surface area (Å²) < 4.78 is 7.36. The highest BCUT2D eigenvalue weighted by atomic mass is 32.1. The van der Waals surface area contributed by atoms with E-state index in [4.69, 9.17) is 4.74 Å². The third kappa shape index (κ3) is 3.21. The van der Waals surface area contributed by atoms with Gasteiger partial charge in [-0.2, -0.15) is 0 Å². The lowest BCUT2D eigenvalue weighted by Crippen LogP contribution is -2.43. The number of benzene rings is 1. The molecule has 1 aliphatic heterocycles. The number of para-hydroxylation sites is 1. The van der Waals surface area contributed by atoms with Gasteiger partial charge < -0.3 is 10.1 Å². The van der Waals surface area contributed by atoms with Crippen LogP contribution in [-0.4, -0.2) is 34.4 Å². The van der Waals surface area contributed by atoms with Crippen LogP contribution in [0.1, 0.15) is 12.5 Å². The SMILES string of the molecule is CC(=O)NC1=NCC=C(c2ccncc2)C1Oc1cccc2scnc12. The van der Waals surface area contributed by atoms with E-state index < -0.39 is 6.10 Å². The Kier molecular flexibility index (Phi) is 4.45. The first-order chi connectivity index (χ1) is 12.7. The molecule has 1 atom stereocenters. The summed E-state index contributed by atoms with van der Waals surface area (Å²) in [7, 11) is 0. The van der Waals surface area contributed by atoms with E-state index in [0.717, 1.165) is 21.4 Å². The zero-order chi connectivity index (χ0) is 17.9. The van der Waals surface area contributed by atoms with Crippen LogP contribution >= 0.6 is 11.3 Å². The van der Waals surface area contributed by atoms with E-state index in [1.807, 2.05) is 36.4 Å². The maximum absolute atomic E-state index is 11.6. The van der Waals surface area contributed by atoms with Crippen LogP contribution in [0.2, 0.25) is 0 Å². The Labute approximate surface area is 154 Å². The second kappa shape index (κ2) is 7.05. The standard InChI is InChI=1S/C19H16N4O2S/c1-12(24)23-19-18(14(7-10-21-19)13-5-8-20-9-6-13)25-15-3-2-4-16-17(15)22-11-26-16/h2-9,11,18H,10H2,1H3,(H,21,23,24). The number of carbonyl (C=O) groups excluding carboxylic acids is 1. The molecular weight excluding hydrogens is 348 g/mol. The summed E-state index contributed by atoms with van der Waals surface area (Å²) in [6.45, 7) is 1.94. The molecule has 0 fully saturated rings. The number of ether oxygens (including phenoxy) is 1. The minimum absolute atomic E-state index is 0.180. The molecule has 6 nitrogen and oxygen atoms in total. The topological polar surface area (TPSA) is 76.5 Å². The minimum atomic E-state index is -0.526. The van der Waals surface area contributed by atoms with Gasteiger partial charge in [-0.25, -0.2) is 4.98 Å². The molecule has 1 aromatic carbocycles. The molecule has 3 aromatic rings. The number of nitrogens with zero attached hydrogens (tertiary/aromatic N) is 3. The van der Waals surface area contributed by atoms with E-state index in [-0.39, 0.29) is 5.91 Å². The summed E-state index contributed by atoms with van der Waals surface area (Å²) >= 11 is 1.56. The molecule has 1 aliphatic rings. The number of dihydropyridines is 1. The van der Waals surface area contributed by atoms with E-state index in [1.54, 1.807) is 29.2 Å². The maximum Gasteiger partial charge on any atom is 0.222 e. The van der Waals surface area contributed by atoms with Crippen molar-refractivity contribution in [3.63, 3.8) is 0 Å². The fourth-order valence-corrected chi connectivity index (χ4v) is 3.57. The van der Waals surface area contributed by atoms with Gasteiger partial charge in [0.25, 0.3) is 0 Å². The third-order valence-electron chi connectivity index (χ3n) is 3.99. The molecule has 4 rings (SSSR count). The number of hydrogen-bond donors (Lipinski definition) is 1. The smallest absolute Gasteiger partial charge is 0.222 e. The zero-order valence-electron chi connectivity index (χ0n) is 14.0. The average Bonchev–Trinajstić information content (AvgIpc) is 3.13. The number of amides is 1. The number of aromatic nitrogens is 2. The van der Waals surface area contributed by atoms with Gasteiger partial charge in [-0.1, -0.05) is 12.1 Å². The van der Waals surface area contributed by atoms with Gasteiger partial charge in [0.2, 0.25) is 5.91 Å². The van der Waals surface area contributed by atoms with Crippen molar-refractivity contribution in [2.75, 3.05) is 6.54 Å². The van der Waals surface area contributed by atoms with Crippen LogP contribution in [0, 0.1) is 0 Å². The first-order valence-corrected chi connectivity index (χ1v) is 9.01. The number of rotatable bonds is 3. The first kappa shape index (κ1) is 16.4. The van der Waals surface area contributed by atoms with E-state index in [9.17, 15) is 4.79 Å². The van der Waals surface area contributed by atoms with Gasteiger partial charge in [0.05, 0.1) is 16.8 Å². The first-order valence-electron chi connectivity index (χ1n) is 8.13. The van der Waals surface area contributed by atoms with Crippen LogP contribution in [0.3, 0.4) is 0 Å². The maximum atomic E-state index is 11.6. The highest BCUT2D eigenvalue weighted by Gasteiger charge is 2.28. The van der Waals surface area contributed by atoms with Crippen LogP contribution in [0.4, 0.5) is 0 Å². The van der Waals surface area contributed by atoms with Gasteiger partial charge in [0.15, 0.2) is 6.10 Å². The van der Waals surface area contributed by atoms with Crippen LogP contribution in [0.25, 0.3) is 15.8 Å². The van der Waals surface area contributed by atoms with Crippen molar-refractivity contribution in [1.29, 1.82) is 0 Å². The number of nitrogens with one attached hydrogen (secondary N) is 1. The molecule has 0 radical (unpaired) electrons. The predicted octanol–water partition coefficient (Wildman–Crippen LogP) is 3.07. The monoisotopic (exact) mass is 364 g/mol. The fraction of sp³-hybridized carbons (Fsp3) is 0.158. The summed E-state index contributed by atoms with van der Waals surface area (Å²) in [5.74, 6) is 0.980. The molecule has 0 spiro atoms. The van der Waals surface area contributed by atoms with Crippen LogP contribution in [-0.2, 0) is 4.79 Å². The van der Waals surface area contributed by atoms with E-state index >= 15 is 0 Å². The lowest BCUT2D eigenvalue weighted by Gasteiger charge is -2.26. The molecule has 0 aliphatic carbocycles. The molecule has 0 bridgehead atoms. The van der Waals surface area contributed by atoms with Gasteiger partial charge in [0, 0.05) is 24.9 Å². The van der Waals surface area contributed by atoms with Gasteiger partial charge in [0.1, 0.15) is 17.1 Å². The van der Waals surface area contributed by atoms with Gasteiger partial charge in [-0.15, -0.1) is 11.3 Å². The Balaban J connectivity index is 1.74. The molecule has 1 unspecified atom stereocenters. The largest absolute Gasteiger partial charge is 0.475 e. The summed E-state index contributed by atoms with van der Waals surface area (Å²) in [5, 5.41) is 2.81. The molecular formula is C19H16N4O2S. The second-order valence-electron chi connectivity index (χ2n) is 5.76. The van der Waals surface area contributed by atoms with Crippen molar-refractivity contribution >= 4 is 38.9 Å². The minimum Gasteiger partial charge on any atom is -0.475 e. The Morgan fingerprint density at radius 1 is 1.27 bits per heavy atom. The summed E-state index contributed by atoms with van der Waals surface area (Å²) in [6, 6.07) is 9.66. The average molecular weight is 364 g/mol. The molecule has 2 aromatic heterocycles. The molecule has 0 saturated heterocycles. The highest BCUT2D eigenvalue weighted by Crippen LogP contribution is 2.31. The summed E-state index contributed by atoms with van der Waals surface area (Å²) in [5.41, 5.74) is 4.52. The molecule has 3 heterocycles. The number of amidine groups is 1. The fourth-order valence-electron chi connectivity index (χ4n) is 2.88. The molecule has 26 heavy (non-hydrogen) atoms. The van der Waals surface area contributed by atoms with E-state index in [2.05, 4.69) is 20.3 Å². The predicted molar refractivity (Wildman–Crippen MR) is 102 cm³/mol. The van der Waals surface area contributed by atoms with Crippen molar-refractivity contribution in [3.05, 3.63) is 59.9 Å². The van der Waals surface area contributed by atoms with Crippen molar-refractivity contribution in [2.24, 2.45) is 4.99 Å². The second-order valence-corrected chi connectivity index (χ2v) is 6.64. The Morgan fingerprint density at radius 3 is 2.92 bits per heavy atom. The number of pyridine rings is 1. The lowest BCUT2D eigenvalue weighted by atomic mass is 9.98. The molecule has 7 heteroatoms. The molecule has 1 N–H and O–H groups in total. The number of aliphatic imine (C=N–C) groups is 1. The molecule has 0 saturated carbocycles. The number of hydrogen-bond acceptors (Lipinski definition) is 6. The van der Waals surface area contributed by atoms with Gasteiger partial charge in [-0.05, 0) is 29.8 Å². The van der Waals surface area contributed by atoms with Crippen molar-refractivity contribution in [3.8, 4) is 5.75 Å². The normalized spacial score (nSPS) is 16.7. The van der Waals surface area contributed by atoms with Gasteiger partial charge >= 0.3 is 0 Å². The van der Waals surface area contributed by atoms with Crippen LogP contribution < -0.4 is 10.1 Å². The van der Waals surface area contributed by atoms with Gasteiger partial charge in [-0.3, -0.25) is 14.8 Å². The lowest BCUT2D eigenvalue weighted by molar-refractivity contribution is -0.117. The Hall–Kier alpha value is -3.06. The summed E-state index contributed by atoms with van der Waals surface area (Å²) in [4.78, 5) is 24.6. The van der Waals surface area contributed by atoms with Crippen molar-refractivity contribution in [2.45, 2.75) is 13.0 Å². The van der Waals surface area contributed by atoms with Crippen molar-refractivity contribution in [1.82, 2.24) is 15.3 Å².